The number of aryl methyl sites for hydroxylation is 1. The zero-order chi connectivity index (χ0) is 13.7. The Hall–Kier alpha value is -1.62. The molecule has 100 valence electrons. The number of rotatable bonds is 5. The molecule has 5 heteroatoms. The number of aliphatic hydroxyl groups is 1. The highest BCUT2D eigenvalue weighted by molar-refractivity contribution is 5.96. The first-order chi connectivity index (χ1) is 8.43. The van der Waals surface area contributed by atoms with Crippen LogP contribution in [0.25, 0.3) is 0 Å². The van der Waals surface area contributed by atoms with Gasteiger partial charge in [-0.1, -0.05) is 13.8 Å². The normalized spacial score (nSPS) is 12.5. The molecule has 5 nitrogen and oxygen atoms in total. The van der Waals surface area contributed by atoms with Crippen molar-refractivity contribution < 1.29 is 9.90 Å². The number of nitrogen functional groups attached to an aromatic ring is 1. The molecule has 0 fully saturated rings. The predicted octanol–water partition coefficient (Wildman–Crippen LogP) is 1.11. The van der Waals surface area contributed by atoms with E-state index in [-0.39, 0.29) is 18.6 Å². The lowest BCUT2D eigenvalue weighted by molar-refractivity contribution is 0.0907. The molecule has 0 aromatic carbocycles. The van der Waals surface area contributed by atoms with Crippen molar-refractivity contribution in [1.82, 2.24) is 10.3 Å². The van der Waals surface area contributed by atoms with Gasteiger partial charge in [0, 0.05) is 0 Å². The summed E-state index contributed by atoms with van der Waals surface area (Å²) in [4.78, 5) is 16.1. The van der Waals surface area contributed by atoms with Crippen LogP contribution in [0.3, 0.4) is 0 Å². The Labute approximate surface area is 107 Å². The van der Waals surface area contributed by atoms with E-state index in [1.54, 1.807) is 13.0 Å². The number of carbonyl (C=O) groups is 1. The van der Waals surface area contributed by atoms with Crippen molar-refractivity contribution in [2.45, 2.75) is 33.2 Å². The fourth-order valence-corrected chi connectivity index (χ4v) is 1.79. The Balaban J connectivity index is 2.77. The molecular formula is C13H21N3O2. The number of amides is 1. The molecule has 0 aliphatic rings. The summed E-state index contributed by atoms with van der Waals surface area (Å²) in [5, 5.41) is 12.0. The Bertz CT molecular complexity index is 419. The van der Waals surface area contributed by atoms with Crippen molar-refractivity contribution in [3.05, 3.63) is 23.5 Å². The Morgan fingerprint density at radius 1 is 1.56 bits per heavy atom. The molecule has 0 bridgehead atoms. The van der Waals surface area contributed by atoms with Crippen molar-refractivity contribution in [3.8, 4) is 0 Å². The third-order valence-corrected chi connectivity index (χ3v) is 2.66. The number of aliphatic hydroxyl groups excluding tert-OH is 1. The summed E-state index contributed by atoms with van der Waals surface area (Å²) in [6.07, 6.45) is 2.25. The zero-order valence-electron chi connectivity index (χ0n) is 11.1. The third kappa shape index (κ3) is 4.00. The van der Waals surface area contributed by atoms with Crippen LogP contribution in [0.15, 0.2) is 12.3 Å². The molecule has 0 saturated carbocycles. The number of pyridine rings is 1. The highest BCUT2D eigenvalue weighted by atomic mass is 16.3. The second kappa shape index (κ2) is 6.35. The highest BCUT2D eigenvalue weighted by Crippen LogP contribution is 2.11. The van der Waals surface area contributed by atoms with Crippen LogP contribution in [0.1, 0.15) is 36.3 Å². The maximum atomic E-state index is 12.1. The van der Waals surface area contributed by atoms with Gasteiger partial charge < -0.3 is 16.2 Å². The molecule has 1 aromatic heterocycles. The van der Waals surface area contributed by atoms with Gasteiger partial charge in [0.2, 0.25) is 0 Å². The van der Waals surface area contributed by atoms with E-state index in [0.717, 1.165) is 6.42 Å². The van der Waals surface area contributed by atoms with Crippen LogP contribution in [0.2, 0.25) is 0 Å². The van der Waals surface area contributed by atoms with Gasteiger partial charge >= 0.3 is 0 Å². The van der Waals surface area contributed by atoms with Crippen LogP contribution < -0.4 is 11.1 Å². The molecule has 1 unspecified atom stereocenters. The van der Waals surface area contributed by atoms with E-state index < -0.39 is 0 Å². The Morgan fingerprint density at radius 3 is 2.78 bits per heavy atom. The first-order valence-corrected chi connectivity index (χ1v) is 6.07. The predicted molar refractivity (Wildman–Crippen MR) is 71.2 cm³/mol. The van der Waals surface area contributed by atoms with Crippen LogP contribution >= 0.6 is 0 Å². The molecule has 1 aromatic rings. The van der Waals surface area contributed by atoms with Gasteiger partial charge in [-0.05, 0) is 25.3 Å². The summed E-state index contributed by atoms with van der Waals surface area (Å²) < 4.78 is 0. The minimum atomic E-state index is -0.244. The SMILES string of the molecule is Cc1ncc(N)cc1C(=O)NC(CO)CC(C)C. The van der Waals surface area contributed by atoms with Gasteiger partial charge in [0.1, 0.15) is 0 Å². The van der Waals surface area contributed by atoms with Crippen molar-refractivity contribution in [3.63, 3.8) is 0 Å². The molecule has 4 N–H and O–H groups in total. The molecule has 1 atom stereocenters. The molecule has 18 heavy (non-hydrogen) atoms. The van der Waals surface area contributed by atoms with Gasteiger partial charge in [0.25, 0.3) is 5.91 Å². The number of nitrogens with two attached hydrogens (primary N) is 1. The first kappa shape index (κ1) is 14.4. The minimum Gasteiger partial charge on any atom is -0.397 e. The lowest BCUT2D eigenvalue weighted by Gasteiger charge is -2.18. The van der Waals surface area contributed by atoms with E-state index in [0.29, 0.717) is 22.9 Å². The fraction of sp³-hybridized carbons (Fsp3) is 0.538. The summed E-state index contributed by atoms with van der Waals surface area (Å²) in [6, 6.07) is 1.36. The number of anilines is 1. The van der Waals surface area contributed by atoms with E-state index in [1.807, 2.05) is 13.8 Å². The second-order valence-electron chi connectivity index (χ2n) is 4.88. The minimum absolute atomic E-state index is 0.0707. The third-order valence-electron chi connectivity index (χ3n) is 2.66. The standard InChI is InChI=1S/C13H21N3O2/c1-8(2)4-11(7-17)16-13(18)12-5-10(14)6-15-9(12)3/h5-6,8,11,17H,4,7,14H2,1-3H3,(H,16,18). The van der Waals surface area contributed by atoms with Gasteiger partial charge in [-0.25, -0.2) is 0 Å². The summed E-state index contributed by atoms with van der Waals surface area (Å²) >= 11 is 0. The second-order valence-corrected chi connectivity index (χ2v) is 4.88. The smallest absolute Gasteiger partial charge is 0.253 e. The van der Waals surface area contributed by atoms with E-state index in [1.165, 1.54) is 6.20 Å². The van der Waals surface area contributed by atoms with Crippen LogP contribution in [-0.2, 0) is 0 Å². The molecule has 0 aliphatic heterocycles. The maximum Gasteiger partial charge on any atom is 0.253 e. The fourth-order valence-electron chi connectivity index (χ4n) is 1.79. The lowest BCUT2D eigenvalue weighted by atomic mass is 10.0. The average Bonchev–Trinajstić information content (AvgIpc) is 2.30. The molecule has 1 heterocycles. The van der Waals surface area contributed by atoms with Crippen LogP contribution in [0.5, 0.6) is 0 Å². The van der Waals surface area contributed by atoms with Gasteiger partial charge in [0.05, 0.1) is 35.8 Å². The molecule has 0 spiro atoms. The van der Waals surface area contributed by atoms with Gasteiger partial charge in [-0.15, -0.1) is 0 Å². The van der Waals surface area contributed by atoms with Crippen molar-refractivity contribution in [2.24, 2.45) is 5.92 Å². The first-order valence-electron chi connectivity index (χ1n) is 6.07. The van der Waals surface area contributed by atoms with Crippen molar-refractivity contribution in [2.75, 3.05) is 12.3 Å². The topological polar surface area (TPSA) is 88.2 Å². The van der Waals surface area contributed by atoms with Crippen LogP contribution in [-0.4, -0.2) is 28.6 Å². The zero-order valence-corrected chi connectivity index (χ0v) is 11.1. The average molecular weight is 251 g/mol. The Kier molecular flexibility index (Phi) is 5.09. The van der Waals surface area contributed by atoms with E-state index in [4.69, 9.17) is 5.73 Å². The molecular weight excluding hydrogens is 230 g/mol. The van der Waals surface area contributed by atoms with E-state index >= 15 is 0 Å². The lowest BCUT2D eigenvalue weighted by Crippen LogP contribution is -2.38. The van der Waals surface area contributed by atoms with Gasteiger partial charge in [-0.3, -0.25) is 9.78 Å². The van der Waals surface area contributed by atoms with Crippen molar-refractivity contribution in [1.29, 1.82) is 0 Å². The summed E-state index contributed by atoms with van der Waals surface area (Å²) in [5.41, 5.74) is 7.15. The number of nitrogens with one attached hydrogen (secondary N) is 1. The molecule has 1 rings (SSSR count). The largest absolute Gasteiger partial charge is 0.397 e. The molecule has 0 saturated heterocycles. The van der Waals surface area contributed by atoms with Gasteiger partial charge in [0.15, 0.2) is 0 Å². The molecule has 0 aliphatic carbocycles. The van der Waals surface area contributed by atoms with Crippen LogP contribution in [0, 0.1) is 12.8 Å². The van der Waals surface area contributed by atoms with Crippen molar-refractivity contribution >= 4 is 11.6 Å². The summed E-state index contributed by atoms with van der Waals surface area (Å²) in [7, 11) is 0. The number of hydrogen-bond acceptors (Lipinski definition) is 4. The number of aromatic nitrogens is 1. The maximum absolute atomic E-state index is 12.1. The monoisotopic (exact) mass is 251 g/mol. The Morgan fingerprint density at radius 2 is 2.22 bits per heavy atom. The van der Waals surface area contributed by atoms with Gasteiger partial charge in [-0.2, -0.15) is 0 Å². The number of hydrogen-bond donors (Lipinski definition) is 3. The molecule has 1 amide bonds. The summed E-state index contributed by atoms with van der Waals surface area (Å²) in [5.74, 6) is 0.162. The summed E-state index contributed by atoms with van der Waals surface area (Å²) in [6.45, 7) is 5.77. The number of nitrogens with zero attached hydrogens (tertiary/aromatic N) is 1. The van der Waals surface area contributed by atoms with E-state index in [9.17, 15) is 9.90 Å². The highest BCUT2D eigenvalue weighted by Gasteiger charge is 2.16. The quantitative estimate of drug-likeness (QED) is 0.731. The van der Waals surface area contributed by atoms with E-state index in [2.05, 4.69) is 10.3 Å². The molecule has 0 radical (unpaired) electrons. The van der Waals surface area contributed by atoms with Crippen LogP contribution in [0.4, 0.5) is 5.69 Å². The number of carbonyl (C=O) groups excluding carboxylic acids is 1.